The Hall–Kier alpha value is -2.51. The van der Waals surface area contributed by atoms with Gasteiger partial charge in [-0.25, -0.2) is 4.90 Å². The Morgan fingerprint density at radius 1 is 1.08 bits per heavy atom. The molecular weight excluding hydrogens is 316 g/mol. The van der Waals surface area contributed by atoms with Gasteiger partial charge in [-0.3, -0.25) is 29.3 Å². The lowest BCUT2D eigenvalue weighted by atomic mass is 9.89. The lowest BCUT2D eigenvalue weighted by molar-refractivity contribution is -0.146. The minimum absolute atomic E-state index is 0.0142. The summed E-state index contributed by atoms with van der Waals surface area (Å²) in [6.45, 7) is 0. The van der Waals surface area contributed by atoms with Gasteiger partial charge in [0.15, 0.2) is 0 Å². The van der Waals surface area contributed by atoms with Gasteiger partial charge >= 0.3 is 5.97 Å². The van der Waals surface area contributed by atoms with Crippen LogP contribution >= 0.6 is 0 Å². The van der Waals surface area contributed by atoms with Gasteiger partial charge < -0.3 is 4.74 Å². The Balaban J connectivity index is 0.000000185. The van der Waals surface area contributed by atoms with Gasteiger partial charge in [0, 0.05) is 18.9 Å². The molecular formula is C16H20N2O6. The minimum atomic E-state index is -0.696. The fourth-order valence-corrected chi connectivity index (χ4v) is 2.92. The second-order valence-corrected chi connectivity index (χ2v) is 5.83. The summed E-state index contributed by atoms with van der Waals surface area (Å²) in [5, 5.41) is 1.97. The number of nitrogens with one attached hydrogen (secondary N) is 1. The number of amides is 4. The number of imide groups is 2. The van der Waals surface area contributed by atoms with Gasteiger partial charge in [0.2, 0.25) is 11.8 Å². The van der Waals surface area contributed by atoms with E-state index < -0.39 is 23.6 Å². The van der Waals surface area contributed by atoms with Crippen molar-refractivity contribution in [3.05, 3.63) is 11.8 Å². The van der Waals surface area contributed by atoms with Crippen molar-refractivity contribution in [2.75, 3.05) is 7.11 Å². The molecule has 0 aromatic heterocycles. The van der Waals surface area contributed by atoms with Gasteiger partial charge in [0.1, 0.15) is 5.70 Å². The van der Waals surface area contributed by atoms with Crippen LogP contribution in [0.1, 0.15) is 44.9 Å². The molecule has 0 spiro atoms. The predicted molar refractivity (Wildman–Crippen MR) is 80.9 cm³/mol. The van der Waals surface area contributed by atoms with Crippen molar-refractivity contribution in [1.82, 2.24) is 10.2 Å². The molecule has 8 heteroatoms. The van der Waals surface area contributed by atoms with E-state index in [1.807, 2.05) is 5.32 Å². The van der Waals surface area contributed by atoms with Gasteiger partial charge in [0.05, 0.1) is 13.0 Å². The zero-order valence-corrected chi connectivity index (χ0v) is 13.5. The molecule has 1 saturated carbocycles. The van der Waals surface area contributed by atoms with E-state index in [0.29, 0.717) is 0 Å². The molecule has 4 amide bonds. The third-order valence-electron chi connectivity index (χ3n) is 4.17. The number of likely N-dealkylation sites (tertiary alicyclic amines) is 1. The molecule has 0 radical (unpaired) electrons. The molecule has 0 aromatic carbocycles. The fraction of sp³-hybridized carbons (Fsp3) is 0.562. The number of carbonyl (C=O) groups excluding carboxylic acids is 5. The molecule has 3 aliphatic rings. The molecule has 0 bridgehead atoms. The van der Waals surface area contributed by atoms with Crippen molar-refractivity contribution >= 4 is 29.6 Å². The van der Waals surface area contributed by atoms with Gasteiger partial charge in [-0.2, -0.15) is 0 Å². The van der Waals surface area contributed by atoms with Crippen LogP contribution in [0.15, 0.2) is 11.8 Å². The summed E-state index contributed by atoms with van der Waals surface area (Å²) in [4.78, 5) is 56.0. The second kappa shape index (κ2) is 7.85. The molecule has 1 N–H and O–H groups in total. The summed E-state index contributed by atoms with van der Waals surface area (Å²) in [6.07, 6.45) is 6.89. The molecule has 0 aromatic rings. The monoisotopic (exact) mass is 336 g/mol. The van der Waals surface area contributed by atoms with Crippen LogP contribution < -0.4 is 5.32 Å². The van der Waals surface area contributed by atoms with E-state index in [1.54, 1.807) is 0 Å². The lowest BCUT2D eigenvalue weighted by Gasteiger charge is -2.18. The number of carbonyl (C=O) groups is 5. The van der Waals surface area contributed by atoms with Crippen LogP contribution in [-0.2, 0) is 28.7 Å². The van der Waals surface area contributed by atoms with Crippen molar-refractivity contribution < 1.29 is 28.7 Å². The molecule has 0 atom stereocenters. The molecule has 2 aliphatic heterocycles. The van der Waals surface area contributed by atoms with E-state index >= 15 is 0 Å². The zero-order chi connectivity index (χ0) is 17.7. The molecule has 3 rings (SSSR count). The number of hydrogen-bond acceptors (Lipinski definition) is 6. The molecule has 8 nitrogen and oxygen atoms in total. The fourth-order valence-electron chi connectivity index (χ4n) is 2.92. The summed E-state index contributed by atoms with van der Waals surface area (Å²) in [6, 6.07) is 0. The number of esters is 1. The standard InChI is InChI=1S/C8H6N2O4.C8H14O2/c11-5-3-4(8(14)9-5)10-6(12)1-2-7(10)13;1-10-8(9)7-5-3-2-4-6-7/h3H,1-2H2,(H,9,11,14);7H,2-6H2,1H3. The lowest BCUT2D eigenvalue weighted by Crippen LogP contribution is -2.34. The van der Waals surface area contributed by atoms with Crippen molar-refractivity contribution in [1.29, 1.82) is 0 Å². The average Bonchev–Trinajstić information content (AvgIpc) is 3.08. The van der Waals surface area contributed by atoms with E-state index in [-0.39, 0.29) is 30.4 Å². The molecule has 1 aliphatic carbocycles. The summed E-state index contributed by atoms with van der Waals surface area (Å²) in [7, 11) is 1.47. The molecule has 24 heavy (non-hydrogen) atoms. The van der Waals surface area contributed by atoms with Gasteiger partial charge in [0.25, 0.3) is 11.8 Å². The van der Waals surface area contributed by atoms with Gasteiger partial charge in [-0.15, -0.1) is 0 Å². The van der Waals surface area contributed by atoms with Crippen LogP contribution in [0.4, 0.5) is 0 Å². The highest BCUT2D eigenvalue weighted by molar-refractivity contribution is 6.20. The Morgan fingerprint density at radius 2 is 1.67 bits per heavy atom. The van der Waals surface area contributed by atoms with Crippen molar-refractivity contribution in [3.8, 4) is 0 Å². The third kappa shape index (κ3) is 4.06. The second-order valence-electron chi connectivity index (χ2n) is 5.83. The zero-order valence-electron chi connectivity index (χ0n) is 13.5. The van der Waals surface area contributed by atoms with E-state index in [4.69, 9.17) is 0 Å². The van der Waals surface area contributed by atoms with Crippen LogP contribution in [-0.4, -0.2) is 41.6 Å². The number of methoxy groups -OCH3 is 1. The first-order chi connectivity index (χ1) is 11.4. The number of nitrogens with zero attached hydrogens (tertiary/aromatic N) is 1. The Morgan fingerprint density at radius 3 is 2.12 bits per heavy atom. The predicted octanol–water partition coefficient (Wildman–Crippen LogP) is 0.415. The third-order valence-corrected chi connectivity index (χ3v) is 4.17. The maximum atomic E-state index is 11.2. The average molecular weight is 336 g/mol. The quantitative estimate of drug-likeness (QED) is 0.578. The maximum Gasteiger partial charge on any atom is 0.308 e. The summed E-state index contributed by atoms with van der Waals surface area (Å²) in [5.41, 5.74) is -0.164. The van der Waals surface area contributed by atoms with Crippen LogP contribution in [0.3, 0.4) is 0 Å². The molecule has 2 fully saturated rings. The summed E-state index contributed by atoms with van der Waals surface area (Å²) < 4.78 is 4.65. The smallest absolute Gasteiger partial charge is 0.308 e. The molecule has 2 heterocycles. The van der Waals surface area contributed by atoms with E-state index in [9.17, 15) is 24.0 Å². The largest absolute Gasteiger partial charge is 0.469 e. The van der Waals surface area contributed by atoms with Crippen molar-refractivity contribution in [3.63, 3.8) is 0 Å². The first kappa shape index (κ1) is 17.8. The van der Waals surface area contributed by atoms with Crippen LogP contribution in [0.25, 0.3) is 0 Å². The maximum absolute atomic E-state index is 11.2. The Bertz CT molecular complexity index is 588. The number of hydrogen-bond donors (Lipinski definition) is 1. The van der Waals surface area contributed by atoms with Crippen LogP contribution in [0, 0.1) is 5.92 Å². The number of ether oxygens (including phenoxy) is 1. The highest BCUT2D eigenvalue weighted by atomic mass is 16.5. The van der Waals surface area contributed by atoms with E-state index in [0.717, 1.165) is 23.8 Å². The van der Waals surface area contributed by atoms with Crippen molar-refractivity contribution in [2.45, 2.75) is 44.9 Å². The van der Waals surface area contributed by atoms with Crippen LogP contribution in [0.2, 0.25) is 0 Å². The topological polar surface area (TPSA) is 110 Å². The summed E-state index contributed by atoms with van der Waals surface area (Å²) >= 11 is 0. The Kier molecular flexibility index (Phi) is 5.83. The van der Waals surface area contributed by atoms with Crippen molar-refractivity contribution in [2.24, 2.45) is 5.92 Å². The number of rotatable bonds is 2. The molecule has 0 unspecified atom stereocenters. The van der Waals surface area contributed by atoms with Crippen LogP contribution in [0.5, 0.6) is 0 Å². The Labute approximate surface area is 139 Å². The first-order valence-electron chi connectivity index (χ1n) is 7.94. The van der Waals surface area contributed by atoms with Gasteiger partial charge in [-0.1, -0.05) is 19.3 Å². The summed E-state index contributed by atoms with van der Waals surface area (Å²) in [5.74, 6) is -1.98. The van der Waals surface area contributed by atoms with E-state index in [2.05, 4.69) is 4.74 Å². The molecule has 1 saturated heterocycles. The highest BCUT2D eigenvalue weighted by Crippen LogP contribution is 2.24. The normalized spacial score (nSPS) is 21.2. The van der Waals surface area contributed by atoms with Gasteiger partial charge in [-0.05, 0) is 12.8 Å². The highest BCUT2D eigenvalue weighted by Gasteiger charge is 2.37. The first-order valence-corrected chi connectivity index (χ1v) is 7.94. The minimum Gasteiger partial charge on any atom is -0.469 e. The van der Waals surface area contributed by atoms with E-state index in [1.165, 1.54) is 26.4 Å². The molecule has 130 valence electrons. The SMILES string of the molecule is COC(=O)C1CCCCC1.O=C1C=C(N2C(=O)CCC2=O)C(=O)N1.